The van der Waals surface area contributed by atoms with E-state index in [2.05, 4.69) is 0 Å². The van der Waals surface area contributed by atoms with Gasteiger partial charge in [0.15, 0.2) is 0 Å². The maximum Gasteiger partial charge on any atom is 0.313 e. The van der Waals surface area contributed by atoms with Gasteiger partial charge in [0, 0.05) is 6.61 Å². The predicted octanol–water partition coefficient (Wildman–Crippen LogP) is 1.32. The number of ether oxygens (including phenoxy) is 2. The van der Waals surface area contributed by atoms with Gasteiger partial charge in [0.2, 0.25) is 0 Å². The highest BCUT2D eigenvalue weighted by Crippen LogP contribution is 1.97. The van der Waals surface area contributed by atoms with E-state index in [9.17, 15) is 9.59 Å². The van der Waals surface area contributed by atoms with Gasteiger partial charge in [-0.05, 0) is 20.3 Å². The van der Waals surface area contributed by atoms with Crippen LogP contribution in [0.1, 0.15) is 33.6 Å². The molecule has 0 bridgehead atoms. The summed E-state index contributed by atoms with van der Waals surface area (Å²) in [7, 11) is 0. The van der Waals surface area contributed by atoms with Crippen molar-refractivity contribution in [1.29, 1.82) is 0 Å². The van der Waals surface area contributed by atoms with Crippen molar-refractivity contribution in [3.05, 3.63) is 0 Å². The molecule has 4 nitrogen and oxygen atoms in total. The van der Waals surface area contributed by atoms with Gasteiger partial charge in [0.05, 0.1) is 6.61 Å². The number of ketones is 1. The first-order chi connectivity index (χ1) is 6.56. The maximum atomic E-state index is 11.0. The van der Waals surface area contributed by atoms with Crippen LogP contribution in [0, 0.1) is 0 Å². The zero-order valence-corrected chi connectivity index (χ0v) is 9.04. The van der Waals surface area contributed by atoms with Crippen LogP contribution < -0.4 is 0 Å². The Hall–Kier alpha value is -0.900. The standard InChI is InChI=1S/C10H18O4/c1-4-5-13-7-9(3)14-10(12)6-8(2)11/h9H,4-7H2,1-3H3. The minimum atomic E-state index is -0.481. The molecule has 0 aliphatic heterocycles. The minimum Gasteiger partial charge on any atom is -0.460 e. The number of carbonyl (C=O) groups is 2. The van der Waals surface area contributed by atoms with Crippen LogP contribution in [-0.2, 0) is 19.1 Å². The Bertz CT molecular complexity index is 189. The Kier molecular flexibility index (Phi) is 7.02. The predicted molar refractivity (Wildman–Crippen MR) is 52.0 cm³/mol. The molecule has 0 aromatic heterocycles. The van der Waals surface area contributed by atoms with Gasteiger partial charge in [0.1, 0.15) is 18.3 Å². The molecular weight excluding hydrogens is 184 g/mol. The van der Waals surface area contributed by atoms with Gasteiger partial charge >= 0.3 is 5.97 Å². The van der Waals surface area contributed by atoms with E-state index in [-0.39, 0.29) is 18.3 Å². The molecule has 82 valence electrons. The van der Waals surface area contributed by atoms with Gasteiger partial charge in [-0.25, -0.2) is 0 Å². The van der Waals surface area contributed by atoms with Gasteiger partial charge in [0.25, 0.3) is 0 Å². The summed E-state index contributed by atoms with van der Waals surface area (Å²) in [5, 5.41) is 0. The lowest BCUT2D eigenvalue weighted by atomic mass is 10.3. The molecule has 0 fully saturated rings. The summed E-state index contributed by atoms with van der Waals surface area (Å²) in [5.74, 6) is -0.665. The lowest BCUT2D eigenvalue weighted by Crippen LogP contribution is -2.21. The molecule has 0 aliphatic rings. The average molecular weight is 202 g/mol. The Morgan fingerprint density at radius 2 is 2.00 bits per heavy atom. The third-order valence-corrected chi connectivity index (χ3v) is 1.43. The van der Waals surface area contributed by atoms with Crippen molar-refractivity contribution < 1.29 is 19.1 Å². The second-order valence-electron chi connectivity index (χ2n) is 3.25. The van der Waals surface area contributed by atoms with Crippen LogP contribution in [0.3, 0.4) is 0 Å². The summed E-state index contributed by atoms with van der Waals surface area (Å²) in [6.07, 6.45) is 0.500. The zero-order valence-electron chi connectivity index (χ0n) is 9.04. The fourth-order valence-electron chi connectivity index (χ4n) is 0.897. The number of rotatable bonds is 7. The second-order valence-corrected chi connectivity index (χ2v) is 3.25. The number of hydrogen-bond donors (Lipinski definition) is 0. The van der Waals surface area contributed by atoms with E-state index in [4.69, 9.17) is 9.47 Å². The van der Waals surface area contributed by atoms with Crippen LogP contribution >= 0.6 is 0 Å². The van der Waals surface area contributed by atoms with E-state index < -0.39 is 5.97 Å². The van der Waals surface area contributed by atoms with Crippen molar-refractivity contribution in [2.45, 2.75) is 39.7 Å². The van der Waals surface area contributed by atoms with Crippen molar-refractivity contribution >= 4 is 11.8 Å². The number of hydrogen-bond acceptors (Lipinski definition) is 4. The molecule has 0 radical (unpaired) electrons. The smallest absolute Gasteiger partial charge is 0.313 e. The van der Waals surface area contributed by atoms with Gasteiger partial charge in [-0.2, -0.15) is 0 Å². The molecule has 0 N–H and O–H groups in total. The van der Waals surface area contributed by atoms with E-state index in [0.717, 1.165) is 6.42 Å². The second kappa shape index (κ2) is 7.50. The molecule has 0 aliphatic carbocycles. The van der Waals surface area contributed by atoms with Crippen LogP contribution in [0.15, 0.2) is 0 Å². The van der Waals surface area contributed by atoms with Gasteiger partial charge in [-0.15, -0.1) is 0 Å². The number of carbonyl (C=O) groups excluding carboxylic acids is 2. The Morgan fingerprint density at radius 1 is 1.36 bits per heavy atom. The third kappa shape index (κ3) is 7.73. The summed E-state index contributed by atoms with van der Waals surface area (Å²) in [5.41, 5.74) is 0. The van der Waals surface area contributed by atoms with Crippen molar-refractivity contribution in [2.75, 3.05) is 13.2 Å². The van der Waals surface area contributed by atoms with E-state index >= 15 is 0 Å². The lowest BCUT2D eigenvalue weighted by molar-refractivity contribution is -0.152. The maximum absolute atomic E-state index is 11.0. The molecule has 4 heteroatoms. The van der Waals surface area contributed by atoms with Crippen LogP contribution in [0.5, 0.6) is 0 Å². The zero-order chi connectivity index (χ0) is 11.0. The highest BCUT2D eigenvalue weighted by Gasteiger charge is 2.11. The minimum absolute atomic E-state index is 0.155. The third-order valence-electron chi connectivity index (χ3n) is 1.43. The van der Waals surface area contributed by atoms with Crippen molar-refractivity contribution in [1.82, 2.24) is 0 Å². The topological polar surface area (TPSA) is 52.6 Å². The molecule has 1 atom stereocenters. The van der Waals surface area contributed by atoms with Crippen molar-refractivity contribution in [3.8, 4) is 0 Å². The molecule has 0 rings (SSSR count). The van der Waals surface area contributed by atoms with Gasteiger partial charge < -0.3 is 9.47 Å². The molecule has 0 saturated heterocycles. The molecule has 1 unspecified atom stereocenters. The quantitative estimate of drug-likeness (QED) is 0.355. The van der Waals surface area contributed by atoms with Crippen LogP contribution in [-0.4, -0.2) is 31.1 Å². The summed E-state index contributed by atoms with van der Waals surface area (Å²) in [4.78, 5) is 21.6. The monoisotopic (exact) mass is 202 g/mol. The van der Waals surface area contributed by atoms with E-state index in [0.29, 0.717) is 13.2 Å². The van der Waals surface area contributed by atoms with E-state index in [1.165, 1.54) is 6.92 Å². The summed E-state index contributed by atoms with van der Waals surface area (Å²) in [6.45, 7) is 6.16. The Balaban J connectivity index is 3.55. The first-order valence-corrected chi connectivity index (χ1v) is 4.83. The number of Topliss-reactive ketones (excluding diaryl/α,β-unsaturated/α-hetero) is 1. The summed E-state index contributed by atoms with van der Waals surface area (Å²) < 4.78 is 10.1. The lowest BCUT2D eigenvalue weighted by Gasteiger charge is -2.12. The Morgan fingerprint density at radius 3 is 2.50 bits per heavy atom. The van der Waals surface area contributed by atoms with Crippen molar-refractivity contribution in [3.63, 3.8) is 0 Å². The highest BCUT2D eigenvalue weighted by atomic mass is 16.6. The molecule has 14 heavy (non-hydrogen) atoms. The van der Waals surface area contributed by atoms with Crippen LogP contribution in [0.4, 0.5) is 0 Å². The highest BCUT2D eigenvalue weighted by molar-refractivity contribution is 5.94. The van der Waals surface area contributed by atoms with Crippen LogP contribution in [0.2, 0.25) is 0 Å². The fourth-order valence-corrected chi connectivity index (χ4v) is 0.897. The Labute approximate surface area is 84.6 Å². The summed E-state index contributed by atoms with van der Waals surface area (Å²) >= 11 is 0. The molecule has 0 saturated carbocycles. The fraction of sp³-hybridized carbons (Fsp3) is 0.800. The van der Waals surface area contributed by atoms with Crippen molar-refractivity contribution in [2.24, 2.45) is 0 Å². The molecule has 0 spiro atoms. The molecule has 0 aromatic carbocycles. The first kappa shape index (κ1) is 13.1. The van der Waals surface area contributed by atoms with Gasteiger partial charge in [-0.3, -0.25) is 9.59 Å². The van der Waals surface area contributed by atoms with Gasteiger partial charge in [-0.1, -0.05) is 6.92 Å². The summed E-state index contributed by atoms with van der Waals surface area (Å²) in [6, 6.07) is 0. The molecule has 0 heterocycles. The average Bonchev–Trinajstić information content (AvgIpc) is 2.02. The SMILES string of the molecule is CCCOCC(C)OC(=O)CC(C)=O. The largest absolute Gasteiger partial charge is 0.460 e. The molecule has 0 aromatic rings. The normalized spacial score (nSPS) is 12.2. The molecule has 0 amide bonds. The van der Waals surface area contributed by atoms with E-state index in [1.54, 1.807) is 6.92 Å². The first-order valence-electron chi connectivity index (χ1n) is 4.83. The number of esters is 1. The van der Waals surface area contributed by atoms with Crippen LogP contribution in [0.25, 0.3) is 0 Å². The van der Waals surface area contributed by atoms with E-state index in [1.807, 2.05) is 6.92 Å². The molecular formula is C10H18O4.